The van der Waals surface area contributed by atoms with Gasteiger partial charge in [-0.1, -0.05) is 42.0 Å². The Morgan fingerprint density at radius 2 is 1.83 bits per heavy atom. The topological polar surface area (TPSA) is 33.0 Å². The number of benzene rings is 2. The van der Waals surface area contributed by atoms with Crippen LogP contribution in [-0.4, -0.2) is 0 Å². The van der Waals surface area contributed by atoms with Gasteiger partial charge in [0.1, 0.15) is 12.4 Å². The molecule has 0 amide bonds. The van der Waals surface area contributed by atoms with Gasteiger partial charge in [-0.25, -0.2) is 0 Å². The summed E-state index contributed by atoms with van der Waals surface area (Å²) in [4.78, 5) is 0. The van der Waals surface area contributed by atoms with Crippen molar-refractivity contribution >= 4 is 0 Å². The largest absolute Gasteiger partial charge is 0.489 e. The zero-order valence-electron chi connectivity index (χ0n) is 10.4. The third-order valence-electron chi connectivity index (χ3n) is 2.69. The number of nitrogens with zero attached hydrogens (tertiary/aromatic N) is 1. The molecule has 0 heterocycles. The smallest absolute Gasteiger partial charge is 0.119 e. The lowest BCUT2D eigenvalue weighted by molar-refractivity contribution is 0.306. The van der Waals surface area contributed by atoms with Crippen LogP contribution in [0.1, 0.15) is 16.7 Å². The number of hydrogen-bond acceptors (Lipinski definition) is 2. The third-order valence-corrected chi connectivity index (χ3v) is 2.69. The fraction of sp³-hybridized carbons (Fsp3) is 0.188. The first-order valence-corrected chi connectivity index (χ1v) is 5.92. The van der Waals surface area contributed by atoms with Crippen LogP contribution in [0.5, 0.6) is 5.75 Å². The molecule has 0 saturated heterocycles. The maximum absolute atomic E-state index is 8.59. The molecule has 0 aliphatic heterocycles. The highest BCUT2D eigenvalue weighted by atomic mass is 16.5. The minimum absolute atomic E-state index is 0.443. The normalized spacial score (nSPS) is 9.78. The summed E-state index contributed by atoms with van der Waals surface area (Å²) >= 11 is 0. The summed E-state index contributed by atoms with van der Waals surface area (Å²) in [5, 5.41) is 8.59. The van der Waals surface area contributed by atoms with Crippen molar-refractivity contribution < 1.29 is 4.74 Å². The average Bonchev–Trinajstić information content (AvgIpc) is 2.38. The monoisotopic (exact) mass is 237 g/mol. The Bertz CT molecular complexity index is 552. The second-order valence-electron chi connectivity index (χ2n) is 4.26. The lowest BCUT2D eigenvalue weighted by Crippen LogP contribution is -1.95. The fourth-order valence-electron chi connectivity index (χ4n) is 1.76. The van der Waals surface area contributed by atoms with E-state index in [1.54, 1.807) is 0 Å². The van der Waals surface area contributed by atoms with Gasteiger partial charge in [-0.3, -0.25) is 0 Å². The Labute approximate surface area is 107 Å². The van der Waals surface area contributed by atoms with Gasteiger partial charge >= 0.3 is 0 Å². The Morgan fingerprint density at radius 1 is 1.06 bits per heavy atom. The SMILES string of the molecule is Cc1cccc(COc2ccc(CC#N)cc2)c1. The van der Waals surface area contributed by atoms with E-state index in [-0.39, 0.29) is 0 Å². The van der Waals surface area contributed by atoms with Crippen LogP contribution >= 0.6 is 0 Å². The number of ether oxygens (including phenoxy) is 1. The Kier molecular flexibility index (Phi) is 3.98. The lowest BCUT2D eigenvalue weighted by Gasteiger charge is -2.07. The quantitative estimate of drug-likeness (QED) is 0.813. The number of nitriles is 1. The molecule has 0 radical (unpaired) electrons. The van der Waals surface area contributed by atoms with Crippen molar-refractivity contribution in [2.24, 2.45) is 0 Å². The van der Waals surface area contributed by atoms with Gasteiger partial charge in [0, 0.05) is 0 Å². The third kappa shape index (κ3) is 3.36. The van der Waals surface area contributed by atoms with Crippen LogP contribution in [-0.2, 0) is 13.0 Å². The maximum Gasteiger partial charge on any atom is 0.119 e. The molecule has 2 rings (SSSR count). The zero-order chi connectivity index (χ0) is 12.8. The molecule has 0 aliphatic rings. The van der Waals surface area contributed by atoms with Crippen molar-refractivity contribution in [2.45, 2.75) is 20.0 Å². The Hall–Kier alpha value is -2.27. The zero-order valence-corrected chi connectivity index (χ0v) is 10.4. The van der Waals surface area contributed by atoms with Gasteiger partial charge in [0.05, 0.1) is 12.5 Å². The van der Waals surface area contributed by atoms with E-state index < -0.39 is 0 Å². The predicted molar refractivity (Wildman–Crippen MR) is 71.3 cm³/mol. The van der Waals surface area contributed by atoms with Gasteiger partial charge in [0.2, 0.25) is 0 Å². The summed E-state index contributed by atoms with van der Waals surface area (Å²) < 4.78 is 5.70. The van der Waals surface area contributed by atoms with Gasteiger partial charge in [-0.05, 0) is 30.2 Å². The van der Waals surface area contributed by atoms with E-state index in [1.807, 2.05) is 30.3 Å². The summed E-state index contributed by atoms with van der Waals surface area (Å²) in [6, 6.07) is 18.1. The van der Waals surface area contributed by atoms with Crippen LogP contribution in [0.3, 0.4) is 0 Å². The van der Waals surface area contributed by atoms with Crippen molar-refractivity contribution in [2.75, 3.05) is 0 Å². The molecular formula is C16H15NO. The molecular weight excluding hydrogens is 222 g/mol. The number of aryl methyl sites for hydroxylation is 1. The summed E-state index contributed by atoms with van der Waals surface area (Å²) in [6.07, 6.45) is 0.443. The molecule has 0 fully saturated rings. The van der Waals surface area contributed by atoms with E-state index in [2.05, 4.69) is 31.2 Å². The van der Waals surface area contributed by atoms with E-state index in [9.17, 15) is 0 Å². The van der Waals surface area contributed by atoms with Crippen molar-refractivity contribution in [3.63, 3.8) is 0 Å². The van der Waals surface area contributed by atoms with Crippen LogP contribution in [0.4, 0.5) is 0 Å². The van der Waals surface area contributed by atoms with Crippen molar-refractivity contribution in [3.8, 4) is 11.8 Å². The van der Waals surface area contributed by atoms with E-state index in [1.165, 1.54) is 5.56 Å². The highest BCUT2D eigenvalue weighted by molar-refractivity contribution is 5.29. The van der Waals surface area contributed by atoms with Gasteiger partial charge in [0.25, 0.3) is 0 Å². The molecule has 2 aromatic rings. The molecule has 0 unspecified atom stereocenters. The summed E-state index contributed by atoms with van der Waals surface area (Å²) in [7, 11) is 0. The highest BCUT2D eigenvalue weighted by Gasteiger charge is 1.97. The molecule has 2 heteroatoms. The van der Waals surface area contributed by atoms with Gasteiger partial charge in [-0.2, -0.15) is 5.26 Å². The average molecular weight is 237 g/mol. The van der Waals surface area contributed by atoms with Crippen LogP contribution in [0.25, 0.3) is 0 Å². The second-order valence-corrected chi connectivity index (χ2v) is 4.26. The molecule has 0 saturated carbocycles. The van der Waals surface area contributed by atoms with Crippen molar-refractivity contribution in [1.82, 2.24) is 0 Å². The molecule has 2 nitrogen and oxygen atoms in total. The fourth-order valence-corrected chi connectivity index (χ4v) is 1.76. The molecule has 0 atom stereocenters. The first-order valence-electron chi connectivity index (χ1n) is 5.92. The van der Waals surface area contributed by atoms with Crippen LogP contribution < -0.4 is 4.74 Å². The summed E-state index contributed by atoms with van der Waals surface area (Å²) in [5.74, 6) is 0.832. The van der Waals surface area contributed by atoms with E-state index in [4.69, 9.17) is 10.00 Å². The minimum Gasteiger partial charge on any atom is -0.489 e. The van der Waals surface area contributed by atoms with Crippen LogP contribution in [0.2, 0.25) is 0 Å². The Morgan fingerprint density at radius 3 is 2.50 bits per heavy atom. The molecule has 2 aromatic carbocycles. The van der Waals surface area contributed by atoms with Crippen molar-refractivity contribution in [1.29, 1.82) is 5.26 Å². The van der Waals surface area contributed by atoms with Crippen molar-refractivity contribution in [3.05, 3.63) is 65.2 Å². The van der Waals surface area contributed by atoms with Gasteiger partial charge in [0.15, 0.2) is 0 Å². The Balaban J connectivity index is 1.96. The minimum atomic E-state index is 0.443. The van der Waals surface area contributed by atoms with Crippen LogP contribution in [0.15, 0.2) is 48.5 Å². The summed E-state index contributed by atoms with van der Waals surface area (Å²) in [6.45, 7) is 2.64. The first-order chi connectivity index (χ1) is 8.78. The number of hydrogen-bond donors (Lipinski definition) is 0. The molecule has 0 aliphatic carbocycles. The van der Waals surface area contributed by atoms with Gasteiger partial charge < -0.3 is 4.74 Å². The predicted octanol–water partition coefficient (Wildman–Crippen LogP) is 3.64. The molecule has 90 valence electrons. The molecule has 0 N–H and O–H groups in total. The number of rotatable bonds is 4. The second kappa shape index (κ2) is 5.88. The lowest BCUT2D eigenvalue weighted by atomic mass is 10.1. The van der Waals surface area contributed by atoms with E-state index >= 15 is 0 Å². The van der Waals surface area contributed by atoms with E-state index in [0.29, 0.717) is 13.0 Å². The summed E-state index contributed by atoms with van der Waals surface area (Å²) in [5.41, 5.74) is 3.41. The first kappa shape index (κ1) is 12.2. The molecule has 0 bridgehead atoms. The van der Waals surface area contributed by atoms with E-state index in [0.717, 1.165) is 16.9 Å². The van der Waals surface area contributed by atoms with Crippen LogP contribution in [0, 0.1) is 18.3 Å². The highest BCUT2D eigenvalue weighted by Crippen LogP contribution is 2.15. The molecule has 0 aromatic heterocycles. The van der Waals surface area contributed by atoms with Gasteiger partial charge in [-0.15, -0.1) is 0 Å². The maximum atomic E-state index is 8.59. The molecule has 0 spiro atoms. The molecule has 18 heavy (non-hydrogen) atoms. The standard InChI is InChI=1S/C16H15NO/c1-13-3-2-4-15(11-13)12-18-16-7-5-14(6-8-16)9-10-17/h2-8,11H,9,12H2,1H3.